The number of sulfonamides is 1. The van der Waals surface area contributed by atoms with E-state index in [0.29, 0.717) is 0 Å². The molecule has 2 heterocycles. The second-order valence-electron chi connectivity index (χ2n) is 5.72. The molecule has 0 saturated carbocycles. The molecule has 0 amide bonds. The van der Waals surface area contributed by atoms with Gasteiger partial charge in [0.1, 0.15) is 11.4 Å². The minimum Gasteiger partial charge on any atom is -0.493 e. The molecular formula is C16H15ClF2N4O6S. The molecule has 2 aromatic heterocycles. The molecule has 0 radical (unpaired) electrons. The Balaban J connectivity index is 1.96. The van der Waals surface area contributed by atoms with E-state index in [1.54, 1.807) is 0 Å². The molecule has 1 unspecified atom stereocenters. The van der Waals surface area contributed by atoms with Gasteiger partial charge in [-0.25, -0.2) is 13.4 Å². The van der Waals surface area contributed by atoms with Gasteiger partial charge in [0, 0.05) is 18.3 Å². The van der Waals surface area contributed by atoms with Crippen molar-refractivity contribution in [1.29, 1.82) is 0 Å². The normalized spacial score (nSPS) is 14.0. The van der Waals surface area contributed by atoms with Crippen LogP contribution >= 0.6 is 11.6 Å². The second-order valence-corrected chi connectivity index (χ2v) is 7.87. The van der Waals surface area contributed by atoms with Crippen LogP contribution in [0.25, 0.3) is 11.0 Å². The lowest BCUT2D eigenvalue weighted by atomic mass is 10.2. The van der Waals surface area contributed by atoms with Gasteiger partial charge < -0.3 is 24.3 Å². The number of nitrogens with one attached hydrogen (secondary N) is 2. The fourth-order valence-electron chi connectivity index (χ4n) is 2.57. The highest BCUT2D eigenvalue weighted by Crippen LogP contribution is 2.37. The van der Waals surface area contributed by atoms with E-state index in [1.807, 2.05) is 4.72 Å². The van der Waals surface area contributed by atoms with Crippen molar-refractivity contribution in [2.75, 3.05) is 14.2 Å². The number of rotatable bonds is 8. The molecule has 14 heteroatoms. The zero-order valence-corrected chi connectivity index (χ0v) is 17.0. The van der Waals surface area contributed by atoms with Crippen LogP contribution < -0.4 is 18.9 Å². The lowest BCUT2D eigenvalue weighted by Gasteiger charge is -2.23. The Morgan fingerprint density at radius 2 is 2.00 bits per heavy atom. The SMILES string of the molecule is COc1ccnc(C(O)(Cl)NS(=O)(=O)c2nc3ccc(OC(F)F)cc3[nH]2)c1OC. The van der Waals surface area contributed by atoms with E-state index in [2.05, 4.69) is 19.7 Å². The Labute approximate surface area is 173 Å². The maximum atomic E-state index is 12.7. The van der Waals surface area contributed by atoms with Crippen LogP contribution in [0, 0.1) is 0 Å². The molecule has 0 aliphatic carbocycles. The summed E-state index contributed by atoms with van der Waals surface area (Å²) in [5, 5.41) is 7.20. The number of alkyl halides is 3. The van der Waals surface area contributed by atoms with Crippen molar-refractivity contribution >= 4 is 32.7 Å². The summed E-state index contributed by atoms with van der Waals surface area (Å²) in [6.45, 7) is -3.05. The first-order valence-electron chi connectivity index (χ1n) is 8.04. The molecule has 162 valence electrons. The highest BCUT2D eigenvalue weighted by atomic mass is 35.5. The van der Waals surface area contributed by atoms with Crippen molar-refractivity contribution in [3.63, 3.8) is 0 Å². The van der Waals surface area contributed by atoms with Gasteiger partial charge in [0.25, 0.3) is 15.2 Å². The van der Waals surface area contributed by atoms with E-state index in [4.69, 9.17) is 21.1 Å². The summed E-state index contributed by atoms with van der Waals surface area (Å²) in [4.78, 5) is 10.2. The Bertz CT molecular complexity index is 1170. The molecule has 0 aliphatic rings. The van der Waals surface area contributed by atoms with Gasteiger partial charge >= 0.3 is 6.61 Å². The molecule has 1 aromatic carbocycles. The van der Waals surface area contributed by atoms with Gasteiger partial charge in [0.05, 0.1) is 25.3 Å². The van der Waals surface area contributed by atoms with Crippen molar-refractivity contribution in [2.45, 2.75) is 17.0 Å². The van der Waals surface area contributed by atoms with Gasteiger partial charge in [-0.2, -0.15) is 13.5 Å². The van der Waals surface area contributed by atoms with Crippen LogP contribution in [-0.2, 0) is 15.2 Å². The fourth-order valence-corrected chi connectivity index (χ4v) is 4.02. The van der Waals surface area contributed by atoms with Gasteiger partial charge in [0.15, 0.2) is 11.5 Å². The average molecular weight is 465 g/mol. The molecule has 0 bridgehead atoms. The minimum atomic E-state index is -4.53. The van der Waals surface area contributed by atoms with E-state index in [9.17, 15) is 22.3 Å². The summed E-state index contributed by atoms with van der Waals surface area (Å²) in [7, 11) is -1.95. The number of methoxy groups -OCH3 is 2. The number of benzene rings is 1. The maximum Gasteiger partial charge on any atom is 0.387 e. The van der Waals surface area contributed by atoms with E-state index >= 15 is 0 Å². The quantitative estimate of drug-likeness (QED) is 0.261. The monoisotopic (exact) mass is 464 g/mol. The number of imidazole rings is 1. The number of aromatic nitrogens is 3. The van der Waals surface area contributed by atoms with Gasteiger partial charge in [-0.3, -0.25) is 4.98 Å². The van der Waals surface area contributed by atoms with Gasteiger partial charge in [-0.1, -0.05) is 11.6 Å². The highest BCUT2D eigenvalue weighted by Gasteiger charge is 2.39. The largest absolute Gasteiger partial charge is 0.493 e. The molecule has 0 aliphatic heterocycles. The standard InChI is InChI=1S/C16H15ClF2N4O6S/c1-27-11-5-6-20-13(12(11)28-2)16(17,24)23-30(25,26)15-21-9-4-3-8(29-14(18)19)7-10(9)22-15/h3-7,14,23-24H,1-2H3,(H,21,22). The zero-order chi connectivity index (χ0) is 22.1. The average Bonchev–Trinajstić information content (AvgIpc) is 3.10. The molecule has 10 nitrogen and oxygen atoms in total. The molecule has 3 aromatic rings. The molecule has 3 rings (SSSR count). The number of fused-ring (bicyclic) bond motifs is 1. The van der Waals surface area contributed by atoms with E-state index in [1.165, 1.54) is 38.6 Å². The number of halogens is 3. The predicted molar refractivity (Wildman–Crippen MR) is 100 cm³/mol. The lowest BCUT2D eigenvalue weighted by molar-refractivity contribution is -0.0497. The zero-order valence-electron chi connectivity index (χ0n) is 15.4. The first-order valence-corrected chi connectivity index (χ1v) is 9.91. The number of aromatic amines is 1. The van der Waals surface area contributed by atoms with Crippen LogP contribution in [0.2, 0.25) is 0 Å². The molecule has 0 spiro atoms. The van der Waals surface area contributed by atoms with Crippen LogP contribution in [-0.4, -0.2) is 49.3 Å². The van der Waals surface area contributed by atoms with Crippen LogP contribution in [0.15, 0.2) is 35.6 Å². The fraction of sp³-hybridized carbons (Fsp3) is 0.250. The van der Waals surface area contributed by atoms with Crippen LogP contribution in [0.5, 0.6) is 17.2 Å². The molecular weight excluding hydrogens is 450 g/mol. The highest BCUT2D eigenvalue weighted by molar-refractivity contribution is 7.89. The number of pyridine rings is 1. The molecule has 30 heavy (non-hydrogen) atoms. The summed E-state index contributed by atoms with van der Waals surface area (Å²) < 4.78 is 66.4. The predicted octanol–water partition coefficient (Wildman–Crippen LogP) is 1.90. The third kappa shape index (κ3) is 4.38. The Kier molecular flexibility index (Phi) is 5.99. The summed E-state index contributed by atoms with van der Waals surface area (Å²) in [5.74, 6) is -0.146. The van der Waals surface area contributed by atoms with Gasteiger partial charge in [0.2, 0.25) is 5.16 Å². The smallest absolute Gasteiger partial charge is 0.387 e. The van der Waals surface area contributed by atoms with Gasteiger partial charge in [-0.15, -0.1) is 0 Å². The van der Waals surface area contributed by atoms with Crippen LogP contribution in [0.3, 0.4) is 0 Å². The second kappa shape index (κ2) is 8.18. The Hall–Kier alpha value is -2.74. The first kappa shape index (κ1) is 22.0. The van der Waals surface area contributed by atoms with Crippen molar-refractivity contribution in [2.24, 2.45) is 0 Å². The molecule has 3 N–H and O–H groups in total. The number of aliphatic hydroxyl groups is 1. The third-order valence-corrected chi connectivity index (χ3v) is 5.44. The topological polar surface area (TPSA) is 136 Å². The molecule has 0 saturated heterocycles. The van der Waals surface area contributed by atoms with Crippen molar-refractivity contribution in [3.05, 3.63) is 36.2 Å². The minimum absolute atomic E-state index is 0.0985. The van der Waals surface area contributed by atoms with Crippen molar-refractivity contribution < 1.29 is 36.5 Å². The van der Waals surface area contributed by atoms with Crippen molar-refractivity contribution in [1.82, 2.24) is 19.7 Å². The van der Waals surface area contributed by atoms with Crippen LogP contribution in [0.4, 0.5) is 8.78 Å². The summed E-state index contributed by atoms with van der Waals surface area (Å²) in [6, 6.07) is 5.04. The maximum absolute atomic E-state index is 12.7. The number of nitrogens with zero attached hydrogens (tertiary/aromatic N) is 2. The van der Waals surface area contributed by atoms with Crippen LogP contribution in [0.1, 0.15) is 5.69 Å². The number of hydrogen-bond acceptors (Lipinski definition) is 8. The third-order valence-electron chi connectivity index (χ3n) is 3.79. The number of ether oxygens (including phenoxy) is 3. The summed E-state index contributed by atoms with van der Waals surface area (Å²) in [5.41, 5.74) is -0.130. The number of H-pyrrole nitrogens is 1. The first-order chi connectivity index (χ1) is 14.1. The van der Waals surface area contributed by atoms with E-state index in [-0.39, 0.29) is 34.0 Å². The van der Waals surface area contributed by atoms with E-state index < -0.39 is 27.0 Å². The molecule has 1 atom stereocenters. The van der Waals surface area contributed by atoms with Crippen molar-refractivity contribution in [3.8, 4) is 17.2 Å². The lowest BCUT2D eigenvalue weighted by Crippen LogP contribution is -2.42. The summed E-state index contributed by atoms with van der Waals surface area (Å²) in [6.07, 6.45) is 1.23. The Morgan fingerprint density at radius 1 is 1.27 bits per heavy atom. The number of hydrogen-bond donors (Lipinski definition) is 3. The molecule has 0 fully saturated rings. The Morgan fingerprint density at radius 3 is 2.63 bits per heavy atom. The van der Waals surface area contributed by atoms with E-state index in [0.717, 1.165) is 6.07 Å². The van der Waals surface area contributed by atoms with Gasteiger partial charge in [-0.05, 0) is 12.1 Å². The summed E-state index contributed by atoms with van der Waals surface area (Å²) >= 11 is 6.01.